The number of halogens is 4. The molecule has 2 aromatic carbocycles. The van der Waals surface area contributed by atoms with E-state index in [0.29, 0.717) is 31.0 Å². The lowest BCUT2D eigenvalue weighted by Gasteiger charge is -2.12. The predicted molar refractivity (Wildman–Crippen MR) is 88.3 cm³/mol. The van der Waals surface area contributed by atoms with Crippen LogP contribution in [-0.4, -0.2) is 0 Å². The molecule has 0 amide bonds. The summed E-state index contributed by atoms with van der Waals surface area (Å²) < 4.78 is 6.40. The minimum atomic E-state index is -0.0905. The first kappa shape index (κ1) is 15.9. The van der Waals surface area contributed by atoms with Crippen LogP contribution in [0, 0.1) is 0 Å². The van der Waals surface area contributed by atoms with Crippen LogP contribution in [0.3, 0.4) is 0 Å². The molecule has 0 bridgehead atoms. The number of rotatable bonds is 3. The zero-order valence-corrected chi connectivity index (χ0v) is 14.3. The smallest absolute Gasteiger partial charge is 0.147 e. The summed E-state index contributed by atoms with van der Waals surface area (Å²) in [6.45, 7) is 1.89. The van der Waals surface area contributed by atoms with Gasteiger partial charge in [0.2, 0.25) is 0 Å². The summed E-state index contributed by atoms with van der Waals surface area (Å²) in [7, 11) is 0. The standard InChI is InChI=1S/C14H11BrCl3NO/c1-7(19)8-2-3-13(11(17)4-8)20-14-6-10(16)9(15)5-12(14)18/h2-7H,19H2,1H3. The maximum absolute atomic E-state index is 6.18. The second-order valence-electron chi connectivity index (χ2n) is 4.28. The van der Waals surface area contributed by atoms with Gasteiger partial charge in [-0.25, -0.2) is 0 Å². The number of hydrogen-bond acceptors (Lipinski definition) is 2. The third kappa shape index (κ3) is 3.60. The van der Waals surface area contributed by atoms with Crippen LogP contribution < -0.4 is 10.5 Å². The molecule has 2 aromatic rings. The first-order valence-electron chi connectivity index (χ1n) is 5.76. The molecule has 0 spiro atoms. The lowest BCUT2D eigenvalue weighted by atomic mass is 10.1. The molecule has 0 radical (unpaired) electrons. The van der Waals surface area contributed by atoms with Gasteiger partial charge < -0.3 is 10.5 Å². The summed E-state index contributed by atoms with van der Waals surface area (Å²) in [5.41, 5.74) is 6.74. The highest BCUT2D eigenvalue weighted by atomic mass is 79.9. The van der Waals surface area contributed by atoms with Crippen LogP contribution in [-0.2, 0) is 0 Å². The quantitative estimate of drug-likeness (QED) is 0.626. The normalized spacial score (nSPS) is 12.3. The minimum Gasteiger partial charge on any atom is -0.454 e. The van der Waals surface area contributed by atoms with E-state index in [9.17, 15) is 0 Å². The van der Waals surface area contributed by atoms with Crippen LogP contribution in [0.4, 0.5) is 0 Å². The summed E-state index contributed by atoms with van der Waals surface area (Å²) >= 11 is 21.6. The zero-order chi connectivity index (χ0) is 14.9. The number of hydrogen-bond donors (Lipinski definition) is 1. The molecule has 0 saturated heterocycles. The first-order chi connectivity index (χ1) is 9.38. The molecular formula is C14H11BrCl3NO. The second kappa shape index (κ2) is 6.54. The Labute approximate surface area is 140 Å². The predicted octanol–water partition coefficient (Wildman–Crippen LogP) is 6.22. The minimum absolute atomic E-state index is 0.0905. The molecular weight excluding hydrogens is 384 g/mol. The van der Waals surface area contributed by atoms with Crippen molar-refractivity contribution in [3.05, 3.63) is 55.4 Å². The molecule has 106 valence electrons. The molecule has 0 fully saturated rings. The van der Waals surface area contributed by atoms with E-state index in [4.69, 9.17) is 45.3 Å². The highest BCUT2D eigenvalue weighted by molar-refractivity contribution is 9.10. The van der Waals surface area contributed by atoms with Gasteiger partial charge in [0, 0.05) is 16.6 Å². The largest absolute Gasteiger partial charge is 0.454 e. The van der Waals surface area contributed by atoms with Gasteiger partial charge in [-0.05, 0) is 46.6 Å². The Morgan fingerprint density at radius 3 is 2.25 bits per heavy atom. The molecule has 2 rings (SSSR count). The molecule has 0 saturated carbocycles. The van der Waals surface area contributed by atoms with E-state index in [1.807, 2.05) is 13.0 Å². The van der Waals surface area contributed by atoms with E-state index in [2.05, 4.69) is 15.9 Å². The highest BCUT2D eigenvalue weighted by Crippen LogP contribution is 2.38. The van der Waals surface area contributed by atoms with E-state index >= 15 is 0 Å². The Morgan fingerprint density at radius 2 is 1.65 bits per heavy atom. The van der Waals surface area contributed by atoms with Gasteiger partial charge >= 0.3 is 0 Å². The Hall–Kier alpha value is -0.450. The maximum Gasteiger partial charge on any atom is 0.147 e. The lowest BCUT2D eigenvalue weighted by Crippen LogP contribution is -2.04. The Kier molecular flexibility index (Phi) is 5.21. The summed E-state index contributed by atoms with van der Waals surface area (Å²) in [5, 5.41) is 1.41. The maximum atomic E-state index is 6.18. The molecule has 2 N–H and O–H groups in total. The van der Waals surface area contributed by atoms with E-state index in [1.165, 1.54) is 0 Å². The second-order valence-corrected chi connectivity index (χ2v) is 6.35. The molecule has 0 aliphatic rings. The Bertz CT molecular complexity index is 647. The third-order valence-electron chi connectivity index (χ3n) is 2.68. The van der Waals surface area contributed by atoms with Gasteiger partial charge in [0.15, 0.2) is 0 Å². The van der Waals surface area contributed by atoms with E-state index < -0.39 is 0 Å². The van der Waals surface area contributed by atoms with Crippen molar-refractivity contribution in [2.75, 3.05) is 0 Å². The molecule has 20 heavy (non-hydrogen) atoms. The third-order valence-corrected chi connectivity index (χ3v) is 4.46. The van der Waals surface area contributed by atoms with E-state index in [0.717, 1.165) is 5.56 Å². The van der Waals surface area contributed by atoms with Crippen molar-refractivity contribution in [2.24, 2.45) is 5.73 Å². The van der Waals surface area contributed by atoms with Crippen molar-refractivity contribution < 1.29 is 4.74 Å². The fourth-order valence-electron chi connectivity index (χ4n) is 1.58. The van der Waals surface area contributed by atoms with Crippen molar-refractivity contribution in [1.29, 1.82) is 0 Å². The fourth-order valence-corrected chi connectivity index (χ4v) is 2.64. The van der Waals surface area contributed by atoms with Crippen molar-refractivity contribution in [3.63, 3.8) is 0 Å². The highest BCUT2D eigenvalue weighted by Gasteiger charge is 2.11. The van der Waals surface area contributed by atoms with Crippen molar-refractivity contribution in [2.45, 2.75) is 13.0 Å². The van der Waals surface area contributed by atoms with E-state index in [-0.39, 0.29) is 6.04 Å². The molecule has 0 aliphatic heterocycles. The molecule has 0 heterocycles. The molecule has 6 heteroatoms. The summed E-state index contributed by atoms with van der Waals surface area (Å²) in [6, 6.07) is 8.60. The number of nitrogens with two attached hydrogens (primary N) is 1. The van der Waals surface area contributed by atoms with Gasteiger partial charge in [-0.1, -0.05) is 40.9 Å². The van der Waals surface area contributed by atoms with Crippen LogP contribution in [0.15, 0.2) is 34.8 Å². The van der Waals surface area contributed by atoms with Crippen LogP contribution in [0.1, 0.15) is 18.5 Å². The Morgan fingerprint density at radius 1 is 1.00 bits per heavy atom. The lowest BCUT2D eigenvalue weighted by molar-refractivity contribution is 0.482. The van der Waals surface area contributed by atoms with Crippen molar-refractivity contribution >= 4 is 50.7 Å². The SMILES string of the molecule is CC(N)c1ccc(Oc2cc(Cl)c(Br)cc2Cl)c(Cl)c1. The fraction of sp³-hybridized carbons (Fsp3) is 0.143. The van der Waals surface area contributed by atoms with Crippen LogP contribution in [0.25, 0.3) is 0 Å². The van der Waals surface area contributed by atoms with Gasteiger partial charge in [0.1, 0.15) is 11.5 Å². The molecule has 2 nitrogen and oxygen atoms in total. The first-order valence-corrected chi connectivity index (χ1v) is 7.68. The summed E-state index contributed by atoms with van der Waals surface area (Å²) in [5.74, 6) is 0.937. The van der Waals surface area contributed by atoms with Crippen LogP contribution in [0.2, 0.25) is 15.1 Å². The Balaban J connectivity index is 2.33. The van der Waals surface area contributed by atoms with Gasteiger partial charge in [-0.2, -0.15) is 0 Å². The molecule has 0 aromatic heterocycles. The average molecular weight is 396 g/mol. The van der Waals surface area contributed by atoms with Gasteiger partial charge in [-0.15, -0.1) is 0 Å². The molecule has 0 aliphatic carbocycles. The molecule has 1 atom stereocenters. The van der Waals surface area contributed by atoms with Gasteiger partial charge in [-0.3, -0.25) is 0 Å². The van der Waals surface area contributed by atoms with Crippen LogP contribution >= 0.6 is 50.7 Å². The van der Waals surface area contributed by atoms with Crippen molar-refractivity contribution in [1.82, 2.24) is 0 Å². The van der Waals surface area contributed by atoms with Gasteiger partial charge in [0.25, 0.3) is 0 Å². The topological polar surface area (TPSA) is 35.2 Å². The van der Waals surface area contributed by atoms with Crippen molar-refractivity contribution in [3.8, 4) is 11.5 Å². The molecule has 1 unspecified atom stereocenters. The number of benzene rings is 2. The average Bonchev–Trinajstić information content (AvgIpc) is 2.37. The summed E-state index contributed by atoms with van der Waals surface area (Å²) in [6.07, 6.45) is 0. The zero-order valence-electron chi connectivity index (χ0n) is 10.5. The number of ether oxygens (including phenoxy) is 1. The van der Waals surface area contributed by atoms with Crippen LogP contribution in [0.5, 0.6) is 11.5 Å². The monoisotopic (exact) mass is 393 g/mol. The van der Waals surface area contributed by atoms with Gasteiger partial charge in [0.05, 0.1) is 15.1 Å². The summed E-state index contributed by atoms with van der Waals surface area (Å²) in [4.78, 5) is 0. The van der Waals surface area contributed by atoms with E-state index in [1.54, 1.807) is 24.3 Å².